The van der Waals surface area contributed by atoms with E-state index in [9.17, 15) is 0 Å². The molecule has 16 heavy (non-hydrogen) atoms. The fourth-order valence-corrected chi connectivity index (χ4v) is 2.45. The Morgan fingerprint density at radius 2 is 2.38 bits per heavy atom. The Morgan fingerprint density at radius 1 is 1.44 bits per heavy atom. The molecule has 0 radical (unpaired) electrons. The molecule has 3 aromatic heterocycles. The molecule has 80 valence electrons. The molecule has 0 saturated carbocycles. The van der Waals surface area contributed by atoms with Gasteiger partial charge in [0.05, 0.1) is 10.5 Å². The number of hydrogen-bond donors (Lipinski definition) is 1. The predicted octanol–water partition coefficient (Wildman–Crippen LogP) is 3.26. The normalized spacial score (nSPS) is 11.1. The van der Waals surface area contributed by atoms with Crippen LogP contribution in [-0.2, 0) is 6.42 Å². The van der Waals surface area contributed by atoms with Crippen LogP contribution in [0, 0.1) is 0 Å². The third kappa shape index (κ3) is 1.81. The molecule has 3 nitrogen and oxygen atoms in total. The standard InChI is InChI=1S/C11H8ClN3S/c12-7-4-9-11(13-6-7)15-10(14-9)5-8-2-1-3-16-8/h1-4,6H,5H2,(H,13,14,15). The Morgan fingerprint density at radius 3 is 3.19 bits per heavy atom. The third-order valence-corrected chi connectivity index (χ3v) is 3.36. The van der Waals surface area contributed by atoms with Gasteiger partial charge in [0, 0.05) is 17.5 Å². The van der Waals surface area contributed by atoms with Gasteiger partial charge in [-0.05, 0) is 17.5 Å². The van der Waals surface area contributed by atoms with Crippen LogP contribution >= 0.6 is 22.9 Å². The molecule has 3 heterocycles. The van der Waals surface area contributed by atoms with Crippen LogP contribution in [0.25, 0.3) is 11.2 Å². The molecule has 0 aromatic carbocycles. The average molecular weight is 250 g/mol. The van der Waals surface area contributed by atoms with E-state index in [2.05, 4.69) is 26.4 Å². The van der Waals surface area contributed by atoms with Gasteiger partial charge in [0.15, 0.2) is 5.65 Å². The summed E-state index contributed by atoms with van der Waals surface area (Å²) in [6.07, 6.45) is 2.42. The van der Waals surface area contributed by atoms with Crippen LogP contribution in [0.15, 0.2) is 29.8 Å². The number of aromatic amines is 1. The van der Waals surface area contributed by atoms with Crippen LogP contribution in [-0.4, -0.2) is 15.0 Å². The number of H-pyrrole nitrogens is 1. The number of hydrogen-bond acceptors (Lipinski definition) is 3. The van der Waals surface area contributed by atoms with Crippen molar-refractivity contribution in [2.75, 3.05) is 0 Å². The van der Waals surface area contributed by atoms with Gasteiger partial charge < -0.3 is 4.98 Å². The zero-order valence-corrected chi connectivity index (χ0v) is 9.85. The highest BCUT2D eigenvalue weighted by Gasteiger charge is 2.05. The average Bonchev–Trinajstić information content (AvgIpc) is 2.86. The number of nitrogens with one attached hydrogen (secondary N) is 1. The molecule has 0 aliphatic heterocycles. The van der Waals surface area contributed by atoms with Gasteiger partial charge in [-0.3, -0.25) is 0 Å². The van der Waals surface area contributed by atoms with E-state index < -0.39 is 0 Å². The lowest BCUT2D eigenvalue weighted by Gasteiger charge is -1.90. The first-order chi connectivity index (χ1) is 7.81. The summed E-state index contributed by atoms with van der Waals surface area (Å²) in [5.74, 6) is 0.923. The summed E-state index contributed by atoms with van der Waals surface area (Å²) < 4.78 is 0. The van der Waals surface area contributed by atoms with E-state index in [1.807, 2.05) is 12.1 Å². The van der Waals surface area contributed by atoms with Gasteiger partial charge in [-0.25, -0.2) is 9.97 Å². The first-order valence-corrected chi connectivity index (χ1v) is 6.09. The molecule has 0 bridgehead atoms. The van der Waals surface area contributed by atoms with Crippen molar-refractivity contribution in [2.45, 2.75) is 6.42 Å². The van der Waals surface area contributed by atoms with Crippen molar-refractivity contribution in [1.82, 2.24) is 15.0 Å². The monoisotopic (exact) mass is 249 g/mol. The predicted molar refractivity (Wildman–Crippen MR) is 66.0 cm³/mol. The van der Waals surface area contributed by atoms with Crippen molar-refractivity contribution >= 4 is 34.1 Å². The Hall–Kier alpha value is -1.39. The number of nitrogens with zero attached hydrogens (tertiary/aromatic N) is 2. The summed E-state index contributed by atoms with van der Waals surface area (Å²) in [5.41, 5.74) is 1.61. The lowest BCUT2D eigenvalue weighted by Crippen LogP contribution is -1.86. The fourth-order valence-electron chi connectivity index (χ4n) is 1.59. The fraction of sp³-hybridized carbons (Fsp3) is 0.0909. The molecule has 0 aliphatic rings. The van der Waals surface area contributed by atoms with Crippen molar-refractivity contribution in [2.24, 2.45) is 0 Å². The summed E-state index contributed by atoms with van der Waals surface area (Å²) >= 11 is 7.59. The number of fused-ring (bicyclic) bond motifs is 1. The number of aromatic nitrogens is 3. The molecule has 0 fully saturated rings. The van der Waals surface area contributed by atoms with Crippen LogP contribution in [0.2, 0.25) is 5.02 Å². The number of halogens is 1. The second-order valence-electron chi connectivity index (χ2n) is 3.46. The van der Waals surface area contributed by atoms with Crippen LogP contribution in [0.3, 0.4) is 0 Å². The highest BCUT2D eigenvalue weighted by molar-refractivity contribution is 7.09. The van der Waals surface area contributed by atoms with Crippen molar-refractivity contribution in [3.05, 3.63) is 45.5 Å². The molecular weight excluding hydrogens is 242 g/mol. The Balaban J connectivity index is 1.99. The maximum Gasteiger partial charge on any atom is 0.177 e. The quantitative estimate of drug-likeness (QED) is 0.757. The third-order valence-electron chi connectivity index (χ3n) is 2.27. The number of thiophene rings is 1. The maximum absolute atomic E-state index is 5.86. The smallest absolute Gasteiger partial charge is 0.177 e. The van der Waals surface area contributed by atoms with E-state index in [0.29, 0.717) is 5.02 Å². The Labute approximate surface area is 101 Å². The molecule has 3 rings (SSSR count). The molecule has 3 aromatic rings. The van der Waals surface area contributed by atoms with Gasteiger partial charge in [0.25, 0.3) is 0 Å². The molecule has 5 heteroatoms. The second kappa shape index (κ2) is 3.88. The second-order valence-corrected chi connectivity index (χ2v) is 4.93. The van der Waals surface area contributed by atoms with Crippen molar-refractivity contribution in [3.63, 3.8) is 0 Å². The van der Waals surface area contributed by atoms with E-state index >= 15 is 0 Å². The lowest BCUT2D eigenvalue weighted by molar-refractivity contribution is 1.05. The van der Waals surface area contributed by atoms with Crippen LogP contribution < -0.4 is 0 Å². The van der Waals surface area contributed by atoms with Crippen molar-refractivity contribution in [3.8, 4) is 0 Å². The summed E-state index contributed by atoms with van der Waals surface area (Å²) in [4.78, 5) is 13.1. The Kier molecular flexibility index (Phi) is 2.38. The SMILES string of the molecule is Clc1cnc2nc(Cc3cccs3)[nH]c2c1. The van der Waals surface area contributed by atoms with E-state index in [4.69, 9.17) is 11.6 Å². The van der Waals surface area contributed by atoms with Gasteiger partial charge in [-0.1, -0.05) is 17.7 Å². The van der Waals surface area contributed by atoms with E-state index in [0.717, 1.165) is 23.4 Å². The summed E-state index contributed by atoms with van der Waals surface area (Å²) in [6.45, 7) is 0. The zero-order valence-electron chi connectivity index (χ0n) is 8.27. The van der Waals surface area contributed by atoms with E-state index in [1.54, 1.807) is 17.5 Å². The number of imidazole rings is 1. The molecule has 0 unspecified atom stereocenters. The first-order valence-electron chi connectivity index (χ1n) is 4.84. The highest BCUT2D eigenvalue weighted by atomic mass is 35.5. The molecule has 0 amide bonds. The summed E-state index contributed by atoms with van der Waals surface area (Å²) in [7, 11) is 0. The van der Waals surface area contributed by atoms with Crippen LogP contribution in [0.1, 0.15) is 10.7 Å². The number of pyridine rings is 1. The topological polar surface area (TPSA) is 41.6 Å². The van der Waals surface area contributed by atoms with Crippen LogP contribution in [0.4, 0.5) is 0 Å². The lowest BCUT2D eigenvalue weighted by atomic mass is 10.3. The minimum atomic E-state index is 0.624. The summed E-state index contributed by atoms with van der Waals surface area (Å²) in [5, 5.41) is 2.69. The van der Waals surface area contributed by atoms with E-state index in [-0.39, 0.29) is 0 Å². The minimum Gasteiger partial charge on any atom is -0.340 e. The Bertz CT molecular complexity index is 615. The van der Waals surface area contributed by atoms with Gasteiger partial charge >= 0.3 is 0 Å². The van der Waals surface area contributed by atoms with Gasteiger partial charge in [0.1, 0.15) is 5.82 Å². The maximum atomic E-state index is 5.86. The number of rotatable bonds is 2. The van der Waals surface area contributed by atoms with Crippen molar-refractivity contribution in [1.29, 1.82) is 0 Å². The molecular formula is C11H8ClN3S. The summed E-state index contributed by atoms with van der Waals surface area (Å²) in [6, 6.07) is 5.98. The molecule has 1 N–H and O–H groups in total. The van der Waals surface area contributed by atoms with E-state index in [1.165, 1.54) is 4.88 Å². The van der Waals surface area contributed by atoms with Crippen LogP contribution in [0.5, 0.6) is 0 Å². The molecule has 0 aliphatic carbocycles. The zero-order chi connectivity index (χ0) is 11.0. The van der Waals surface area contributed by atoms with Crippen molar-refractivity contribution < 1.29 is 0 Å². The molecule has 0 atom stereocenters. The minimum absolute atomic E-state index is 0.624. The first kappa shape index (κ1) is 9.81. The van der Waals surface area contributed by atoms with Gasteiger partial charge in [0.2, 0.25) is 0 Å². The van der Waals surface area contributed by atoms with Gasteiger partial charge in [-0.15, -0.1) is 11.3 Å². The van der Waals surface area contributed by atoms with Gasteiger partial charge in [-0.2, -0.15) is 0 Å². The molecule has 0 saturated heterocycles. The largest absolute Gasteiger partial charge is 0.340 e. The molecule has 0 spiro atoms. The highest BCUT2D eigenvalue weighted by Crippen LogP contribution is 2.17.